The molecule has 1 N–H and O–H groups in total. The van der Waals surface area contributed by atoms with Gasteiger partial charge in [-0.2, -0.15) is 0 Å². The van der Waals surface area contributed by atoms with E-state index in [0.717, 1.165) is 40.4 Å². The Morgan fingerprint density at radius 2 is 1.94 bits per heavy atom. The van der Waals surface area contributed by atoms with E-state index in [-0.39, 0.29) is 6.04 Å². The van der Waals surface area contributed by atoms with Gasteiger partial charge in [0.05, 0.1) is 30.3 Å². The molecule has 0 spiro atoms. The van der Waals surface area contributed by atoms with E-state index in [1.165, 1.54) is 0 Å². The van der Waals surface area contributed by atoms with Crippen molar-refractivity contribution in [2.45, 2.75) is 38.1 Å². The highest BCUT2D eigenvalue weighted by molar-refractivity contribution is 5.59. The lowest BCUT2D eigenvalue weighted by molar-refractivity contribution is 0.155. The van der Waals surface area contributed by atoms with E-state index in [2.05, 4.69) is 32.9 Å². The van der Waals surface area contributed by atoms with Gasteiger partial charge in [0.2, 0.25) is 0 Å². The Labute approximate surface area is 189 Å². The van der Waals surface area contributed by atoms with Crippen LogP contribution in [0.4, 0.5) is 4.39 Å². The zero-order chi connectivity index (χ0) is 22.2. The van der Waals surface area contributed by atoms with Gasteiger partial charge < -0.3 is 14.3 Å². The number of pyridine rings is 2. The van der Waals surface area contributed by atoms with Crippen molar-refractivity contribution in [2.75, 3.05) is 0 Å². The summed E-state index contributed by atoms with van der Waals surface area (Å²) in [6.45, 7) is 1.25. The molecule has 0 bridgehead atoms. The summed E-state index contributed by atoms with van der Waals surface area (Å²) in [5.41, 5.74) is 5.57. The fourth-order valence-electron chi connectivity index (χ4n) is 4.14. The van der Waals surface area contributed by atoms with E-state index in [0.29, 0.717) is 19.4 Å². The Morgan fingerprint density at radius 1 is 1.06 bits per heavy atom. The van der Waals surface area contributed by atoms with E-state index in [1.54, 1.807) is 10.9 Å². The summed E-state index contributed by atoms with van der Waals surface area (Å²) in [5, 5.41) is 12.0. The number of aromatic nitrogens is 7. The van der Waals surface area contributed by atoms with Gasteiger partial charge in [-0.3, -0.25) is 4.98 Å². The van der Waals surface area contributed by atoms with Crippen molar-refractivity contribution in [1.29, 1.82) is 0 Å². The van der Waals surface area contributed by atoms with Crippen LogP contribution < -0.4 is 5.32 Å². The minimum atomic E-state index is -0.641. The number of nitrogens with one attached hydrogen (secondary N) is 1. The van der Waals surface area contributed by atoms with Crippen LogP contribution in [0.1, 0.15) is 24.1 Å². The van der Waals surface area contributed by atoms with Gasteiger partial charge in [0.25, 0.3) is 0 Å². The lowest BCUT2D eigenvalue weighted by Crippen LogP contribution is -2.41. The Balaban J connectivity index is 1.16. The second-order valence-corrected chi connectivity index (χ2v) is 8.51. The van der Waals surface area contributed by atoms with Crippen LogP contribution in [-0.2, 0) is 13.1 Å². The average Bonchev–Trinajstić information content (AvgIpc) is 3.56. The van der Waals surface area contributed by atoms with Crippen LogP contribution in [-0.4, -0.2) is 46.1 Å². The lowest BCUT2D eigenvalue weighted by Gasteiger charge is -2.30. The summed E-state index contributed by atoms with van der Waals surface area (Å²) >= 11 is 0. The molecule has 9 heteroatoms. The number of fused-ring (bicyclic) bond motifs is 1. The molecule has 0 aromatic carbocycles. The molecule has 1 saturated carbocycles. The largest absolute Gasteiger partial charge is 0.322 e. The third-order valence-electron chi connectivity index (χ3n) is 6.02. The third-order valence-corrected chi connectivity index (χ3v) is 6.02. The van der Waals surface area contributed by atoms with Crippen LogP contribution in [0, 0.1) is 0 Å². The third kappa shape index (κ3) is 4.14. The van der Waals surface area contributed by atoms with Gasteiger partial charge in [-0.1, -0.05) is 11.3 Å². The van der Waals surface area contributed by atoms with Crippen molar-refractivity contribution in [3.8, 4) is 16.9 Å². The molecule has 0 amide bonds. The predicted molar refractivity (Wildman–Crippen MR) is 122 cm³/mol. The minimum absolute atomic E-state index is 0.287. The first-order chi connectivity index (χ1) is 16.2. The first-order valence-corrected chi connectivity index (χ1v) is 11.0. The summed E-state index contributed by atoms with van der Waals surface area (Å²) in [5.74, 6) is 0. The van der Waals surface area contributed by atoms with Gasteiger partial charge in [-0.15, -0.1) is 5.10 Å². The Bertz CT molecular complexity index is 1380. The second-order valence-electron chi connectivity index (χ2n) is 8.51. The molecule has 33 heavy (non-hydrogen) atoms. The summed E-state index contributed by atoms with van der Waals surface area (Å²) in [6.07, 6.45) is 14.1. The Hall–Kier alpha value is -3.85. The topological polar surface area (TPSA) is 77.9 Å². The molecule has 0 atom stereocenters. The highest BCUT2D eigenvalue weighted by Crippen LogP contribution is 2.23. The highest BCUT2D eigenvalue weighted by Gasteiger charge is 2.28. The molecule has 0 radical (unpaired) electrons. The predicted octanol–water partition coefficient (Wildman–Crippen LogP) is 3.42. The Kier molecular flexibility index (Phi) is 4.95. The van der Waals surface area contributed by atoms with Crippen LogP contribution >= 0.6 is 0 Å². The van der Waals surface area contributed by atoms with Crippen molar-refractivity contribution in [1.82, 2.24) is 39.2 Å². The zero-order valence-electron chi connectivity index (χ0n) is 17.9. The van der Waals surface area contributed by atoms with E-state index >= 15 is 0 Å². The van der Waals surface area contributed by atoms with E-state index in [4.69, 9.17) is 4.98 Å². The van der Waals surface area contributed by atoms with Crippen LogP contribution in [0.5, 0.6) is 0 Å². The molecule has 5 aromatic rings. The standard InChI is InChI=1S/C24H23FN8/c25-19-8-20(9-19)27-10-17-3-4-24-28-21(14-32(24)13-17)15-33-16-23(29-30-33)18-7-22(12-26-11-18)31-5-1-2-6-31/h1-7,11-14,16,19-20,27H,8-10,15H2. The number of hydrogen-bond donors (Lipinski definition) is 1. The fraction of sp³-hybridized carbons (Fsp3) is 0.250. The number of alkyl halides is 1. The molecule has 0 unspecified atom stereocenters. The summed E-state index contributed by atoms with van der Waals surface area (Å²) in [7, 11) is 0. The smallest absolute Gasteiger partial charge is 0.137 e. The Morgan fingerprint density at radius 3 is 2.79 bits per heavy atom. The highest BCUT2D eigenvalue weighted by atomic mass is 19.1. The van der Waals surface area contributed by atoms with Crippen LogP contribution in [0.15, 0.2) is 73.7 Å². The summed E-state index contributed by atoms with van der Waals surface area (Å²) < 4.78 is 18.8. The second kappa shape index (κ2) is 8.25. The van der Waals surface area contributed by atoms with E-state index < -0.39 is 6.17 Å². The molecule has 6 rings (SSSR count). The molecule has 1 fully saturated rings. The first kappa shape index (κ1) is 19.8. The maximum atomic E-state index is 13.0. The molecule has 0 aliphatic heterocycles. The molecule has 5 heterocycles. The van der Waals surface area contributed by atoms with Crippen LogP contribution in [0.2, 0.25) is 0 Å². The molecule has 166 valence electrons. The molecule has 5 aromatic heterocycles. The van der Waals surface area contributed by atoms with Crippen LogP contribution in [0.25, 0.3) is 22.6 Å². The quantitative estimate of drug-likeness (QED) is 0.418. The number of halogens is 1. The lowest BCUT2D eigenvalue weighted by atomic mass is 9.91. The maximum absolute atomic E-state index is 13.0. The number of nitrogens with zero attached hydrogens (tertiary/aromatic N) is 7. The van der Waals surface area contributed by atoms with Crippen molar-refractivity contribution < 1.29 is 4.39 Å². The van der Waals surface area contributed by atoms with Crippen molar-refractivity contribution >= 4 is 5.65 Å². The molecule has 8 nitrogen and oxygen atoms in total. The maximum Gasteiger partial charge on any atom is 0.137 e. The fourth-order valence-corrected chi connectivity index (χ4v) is 4.14. The summed E-state index contributed by atoms with van der Waals surface area (Å²) in [4.78, 5) is 9.05. The van der Waals surface area contributed by atoms with Crippen molar-refractivity contribution in [2.24, 2.45) is 0 Å². The average molecular weight is 443 g/mol. The van der Waals surface area contributed by atoms with Gasteiger partial charge in [-0.05, 0) is 42.7 Å². The van der Waals surface area contributed by atoms with Gasteiger partial charge >= 0.3 is 0 Å². The molecule has 1 aliphatic carbocycles. The van der Waals surface area contributed by atoms with Crippen molar-refractivity contribution in [3.05, 3.63) is 85.0 Å². The molecular weight excluding hydrogens is 419 g/mol. The normalized spacial score (nSPS) is 18.0. The van der Waals surface area contributed by atoms with Gasteiger partial charge in [-0.25, -0.2) is 14.1 Å². The van der Waals surface area contributed by atoms with Crippen LogP contribution in [0.3, 0.4) is 0 Å². The number of rotatable bonds is 7. The van der Waals surface area contributed by atoms with E-state index in [9.17, 15) is 4.39 Å². The van der Waals surface area contributed by atoms with Gasteiger partial charge in [0.1, 0.15) is 17.5 Å². The van der Waals surface area contributed by atoms with Crippen molar-refractivity contribution in [3.63, 3.8) is 0 Å². The minimum Gasteiger partial charge on any atom is -0.322 e. The monoisotopic (exact) mass is 442 g/mol. The molecule has 1 aliphatic rings. The number of hydrogen-bond acceptors (Lipinski definition) is 5. The number of imidazole rings is 1. The molecular formula is C24H23FN8. The SMILES string of the molecule is FC1CC(NCc2ccc3nc(Cn4cc(-c5cncc(-n6cccc6)c5)nn4)cn3c2)C1. The summed E-state index contributed by atoms with van der Waals surface area (Å²) in [6, 6.07) is 10.3. The molecule has 0 saturated heterocycles. The first-order valence-electron chi connectivity index (χ1n) is 11.0. The zero-order valence-corrected chi connectivity index (χ0v) is 17.9. The van der Waals surface area contributed by atoms with E-state index in [1.807, 2.05) is 64.2 Å². The van der Waals surface area contributed by atoms with Gasteiger partial charge in [0.15, 0.2) is 0 Å². The van der Waals surface area contributed by atoms with Gasteiger partial charge in [0, 0.05) is 49.1 Å².